The van der Waals surface area contributed by atoms with Crippen LogP contribution in [0, 0.1) is 0 Å². The van der Waals surface area contributed by atoms with E-state index in [4.69, 9.17) is 4.42 Å². The van der Waals surface area contributed by atoms with E-state index in [-0.39, 0.29) is 0 Å². The highest BCUT2D eigenvalue weighted by atomic mass is 16.3. The van der Waals surface area contributed by atoms with Crippen LogP contribution in [0.25, 0.3) is 0 Å². The quantitative estimate of drug-likeness (QED) is 0.728. The number of hydrogen-bond acceptors (Lipinski definition) is 3. The number of nitrogens with one attached hydrogen (secondary N) is 2. The maximum Gasteiger partial charge on any atom is 0.117 e. The lowest BCUT2D eigenvalue weighted by atomic mass is 10.3. The second-order valence-electron chi connectivity index (χ2n) is 3.93. The van der Waals surface area contributed by atoms with Crippen molar-refractivity contribution in [1.82, 2.24) is 10.6 Å². The Labute approximate surface area is 85.9 Å². The average Bonchev–Trinajstić information content (AvgIpc) is 2.55. The third-order valence-corrected chi connectivity index (χ3v) is 1.95. The highest BCUT2D eigenvalue weighted by Crippen LogP contribution is 1.98. The molecule has 0 bridgehead atoms. The first-order valence-corrected chi connectivity index (χ1v) is 5.17. The molecule has 1 heterocycles. The summed E-state index contributed by atoms with van der Waals surface area (Å²) in [7, 11) is 0. The Balaban J connectivity index is 2.09. The minimum Gasteiger partial charge on any atom is -0.468 e. The first kappa shape index (κ1) is 11.3. The zero-order valence-corrected chi connectivity index (χ0v) is 9.21. The van der Waals surface area contributed by atoms with E-state index < -0.39 is 0 Å². The van der Waals surface area contributed by atoms with Crippen molar-refractivity contribution in [2.24, 2.45) is 0 Å². The normalized spacial score (nSPS) is 13.4. The first-order chi connectivity index (χ1) is 6.68. The van der Waals surface area contributed by atoms with Crippen LogP contribution < -0.4 is 10.6 Å². The second-order valence-corrected chi connectivity index (χ2v) is 3.93. The van der Waals surface area contributed by atoms with Crippen molar-refractivity contribution in [3.8, 4) is 0 Å². The lowest BCUT2D eigenvalue weighted by Crippen LogP contribution is -2.39. The van der Waals surface area contributed by atoms with Crippen LogP contribution in [0.15, 0.2) is 22.8 Å². The summed E-state index contributed by atoms with van der Waals surface area (Å²) in [5, 5.41) is 6.77. The van der Waals surface area contributed by atoms with Crippen LogP contribution in [0.5, 0.6) is 0 Å². The fraction of sp³-hybridized carbons (Fsp3) is 0.636. The second kappa shape index (κ2) is 5.83. The lowest BCUT2D eigenvalue weighted by Gasteiger charge is -2.16. The number of rotatable bonds is 6. The van der Waals surface area contributed by atoms with E-state index in [0.717, 1.165) is 18.8 Å². The first-order valence-electron chi connectivity index (χ1n) is 5.17. The summed E-state index contributed by atoms with van der Waals surface area (Å²) < 4.78 is 5.21. The van der Waals surface area contributed by atoms with Gasteiger partial charge in [-0.1, -0.05) is 13.8 Å². The predicted octanol–water partition coefficient (Wildman–Crippen LogP) is 1.76. The molecule has 14 heavy (non-hydrogen) atoms. The van der Waals surface area contributed by atoms with Crippen molar-refractivity contribution >= 4 is 0 Å². The van der Waals surface area contributed by atoms with Gasteiger partial charge in [0, 0.05) is 18.6 Å². The monoisotopic (exact) mass is 196 g/mol. The van der Waals surface area contributed by atoms with Gasteiger partial charge in [-0.3, -0.25) is 0 Å². The molecule has 0 fully saturated rings. The summed E-state index contributed by atoms with van der Waals surface area (Å²) >= 11 is 0. The maximum atomic E-state index is 5.21. The Hall–Kier alpha value is -0.800. The Morgan fingerprint density at radius 1 is 1.36 bits per heavy atom. The van der Waals surface area contributed by atoms with Gasteiger partial charge in [-0.25, -0.2) is 0 Å². The minimum atomic E-state index is 0.491. The number of furan rings is 1. The van der Waals surface area contributed by atoms with Crippen molar-refractivity contribution < 1.29 is 4.42 Å². The molecular formula is C11H20N2O. The van der Waals surface area contributed by atoms with Crippen molar-refractivity contribution in [3.63, 3.8) is 0 Å². The van der Waals surface area contributed by atoms with E-state index >= 15 is 0 Å². The van der Waals surface area contributed by atoms with Crippen molar-refractivity contribution in [2.45, 2.75) is 39.4 Å². The topological polar surface area (TPSA) is 37.2 Å². The largest absolute Gasteiger partial charge is 0.468 e. The molecule has 0 spiro atoms. The van der Waals surface area contributed by atoms with Gasteiger partial charge >= 0.3 is 0 Å². The van der Waals surface area contributed by atoms with Crippen molar-refractivity contribution in [3.05, 3.63) is 24.2 Å². The maximum absolute atomic E-state index is 5.21. The molecule has 1 aromatic rings. The molecule has 0 saturated carbocycles. The lowest BCUT2D eigenvalue weighted by molar-refractivity contribution is 0.435. The summed E-state index contributed by atoms with van der Waals surface area (Å²) in [4.78, 5) is 0. The molecule has 0 saturated heterocycles. The van der Waals surface area contributed by atoms with Gasteiger partial charge in [0.15, 0.2) is 0 Å². The molecule has 2 N–H and O–H groups in total. The molecule has 0 aliphatic carbocycles. The van der Waals surface area contributed by atoms with Crippen LogP contribution in [0.2, 0.25) is 0 Å². The van der Waals surface area contributed by atoms with Gasteiger partial charge in [0.1, 0.15) is 5.76 Å². The number of hydrogen-bond donors (Lipinski definition) is 2. The molecule has 1 rings (SSSR count). The van der Waals surface area contributed by atoms with E-state index in [0.29, 0.717) is 12.1 Å². The fourth-order valence-corrected chi connectivity index (χ4v) is 1.45. The van der Waals surface area contributed by atoms with Crippen molar-refractivity contribution in [1.29, 1.82) is 0 Å². The Morgan fingerprint density at radius 2 is 2.14 bits per heavy atom. The van der Waals surface area contributed by atoms with Crippen LogP contribution in [0.4, 0.5) is 0 Å². The van der Waals surface area contributed by atoms with E-state index in [2.05, 4.69) is 31.4 Å². The third kappa shape index (κ3) is 4.44. The summed E-state index contributed by atoms with van der Waals surface area (Å²) in [6, 6.07) is 4.92. The van der Waals surface area contributed by atoms with Gasteiger partial charge in [0.2, 0.25) is 0 Å². The fourth-order valence-electron chi connectivity index (χ4n) is 1.45. The highest BCUT2D eigenvalue weighted by molar-refractivity contribution is 4.97. The standard InChI is InChI=1S/C11H20N2O/c1-9(2)13-10(3)7-12-8-11-5-4-6-14-11/h4-6,9-10,12-13H,7-8H2,1-3H3. The molecule has 3 nitrogen and oxygen atoms in total. The predicted molar refractivity (Wildman–Crippen MR) is 58.1 cm³/mol. The zero-order chi connectivity index (χ0) is 10.4. The molecule has 1 unspecified atom stereocenters. The van der Waals surface area contributed by atoms with E-state index in [1.807, 2.05) is 12.1 Å². The molecular weight excluding hydrogens is 176 g/mol. The van der Waals surface area contributed by atoms with Crippen LogP contribution >= 0.6 is 0 Å². The summed E-state index contributed by atoms with van der Waals surface area (Å²) in [6.07, 6.45) is 1.70. The summed E-state index contributed by atoms with van der Waals surface area (Å²) in [5.41, 5.74) is 0. The molecule has 0 aliphatic heterocycles. The van der Waals surface area contributed by atoms with E-state index in [1.54, 1.807) is 6.26 Å². The van der Waals surface area contributed by atoms with Crippen LogP contribution in [-0.4, -0.2) is 18.6 Å². The van der Waals surface area contributed by atoms with Crippen LogP contribution in [0.3, 0.4) is 0 Å². The molecule has 0 amide bonds. The van der Waals surface area contributed by atoms with Gasteiger partial charge in [-0.2, -0.15) is 0 Å². The molecule has 0 radical (unpaired) electrons. The van der Waals surface area contributed by atoms with Crippen LogP contribution in [-0.2, 0) is 6.54 Å². The third-order valence-electron chi connectivity index (χ3n) is 1.95. The smallest absolute Gasteiger partial charge is 0.117 e. The van der Waals surface area contributed by atoms with Gasteiger partial charge in [0.25, 0.3) is 0 Å². The molecule has 0 aromatic carbocycles. The molecule has 3 heteroatoms. The van der Waals surface area contributed by atoms with E-state index in [1.165, 1.54) is 0 Å². The van der Waals surface area contributed by atoms with Gasteiger partial charge in [-0.15, -0.1) is 0 Å². The van der Waals surface area contributed by atoms with Gasteiger partial charge in [0.05, 0.1) is 12.8 Å². The van der Waals surface area contributed by atoms with E-state index in [9.17, 15) is 0 Å². The Morgan fingerprint density at radius 3 is 2.71 bits per heavy atom. The highest BCUT2D eigenvalue weighted by Gasteiger charge is 2.02. The molecule has 0 aliphatic rings. The van der Waals surface area contributed by atoms with Gasteiger partial charge in [-0.05, 0) is 19.1 Å². The van der Waals surface area contributed by atoms with Gasteiger partial charge < -0.3 is 15.1 Å². The minimum absolute atomic E-state index is 0.491. The Kier molecular flexibility index (Phi) is 4.70. The average molecular weight is 196 g/mol. The summed E-state index contributed by atoms with van der Waals surface area (Å²) in [6.45, 7) is 8.25. The summed E-state index contributed by atoms with van der Waals surface area (Å²) in [5.74, 6) is 0.988. The zero-order valence-electron chi connectivity index (χ0n) is 9.21. The molecule has 80 valence electrons. The Bertz CT molecular complexity index is 231. The van der Waals surface area contributed by atoms with Crippen LogP contribution in [0.1, 0.15) is 26.5 Å². The molecule has 1 atom stereocenters. The van der Waals surface area contributed by atoms with Crippen molar-refractivity contribution in [2.75, 3.05) is 6.54 Å². The SMILES string of the molecule is CC(C)NC(C)CNCc1ccco1. The molecule has 1 aromatic heterocycles.